The topological polar surface area (TPSA) is 12.9 Å². The van der Waals surface area contributed by atoms with Gasteiger partial charge in [-0.15, -0.1) is 0 Å². The zero-order chi connectivity index (χ0) is 26.4. The fourth-order valence-electron chi connectivity index (χ4n) is 5.95. The molecular weight excluding hydrogens is 470 g/mol. The van der Waals surface area contributed by atoms with Gasteiger partial charge < -0.3 is 0 Å². The Balaban J connectivity index is 1.28. The highest BCUT2D eigenvalue weighted by molar-refractivity contribution is 5.84. The van der Waals surface area contributed by atoms with Gasteiger partial charge in [-0.05, 0) is 62.7 Å². The van der Waals surface area contributed by atoms with Crippen LogP contribution in [0.25, 0.3) is 55.9 Å². The first-order valence-electron chi connectivity index (χ1n) is 13.6. The summed E-state index contributed by atoms with van der Waals surface area (Å²) in [5.74, 6) is 0. The van der Waals surface area contributed by atoms with E-state index < -0.39 is 0 Å². The van der Waals surface area contributed by atoms with Gasteiger partial charge in [0.25, 0.3) is 0 Å². The van der Waals surface area contributed by atoms with Crippen LogP contribution in [-0.4, -0.2) is 4.98 Å². The van der Waals surface area contributed by atoms with Crippen molar-refractivity contribution in [2.45, 2.75) is 19.3 Å². The lowest BCUT2D eigenvalue weighted by molar-refractivity contribution is 0.660. The Hall–Kier alpha value is -4.75. The summed E-state index contributed by atoms with van der Waals surface area (Å²) >= 11 is 0. The molecule has 5 aromatic carbocycles. The maximum Gasteiger partial charge on any atom is 0.0715 e. The molecule has 1 heteroatoms. The Kier molecular flexibility index (Phi) is 5.52. The number of rotatable bonds is 4. The summed E-state index contributed by atoms with van der Waals surface area (Å²) in [6.07, 6.45) is 0. The van der Waals surface area contributed by atoms with Crippen molar-refractivity contribution in [1.82, 2.24) is 4.98 Å². The molecule has 0 N–H and O–H groups in total. The lowest BCUT2D eigenvalue weighted by Crippen LogP contribution is -2.14. The van der Waals surface area contributed by atoms with Crippen molar-refractivity contribution in [2.75, 3.05) is 0 Å². The van der Waals surface area contributed by atoms with E-state index in [-0.39, 0.29) is 5.41 Å². The highest BCUT2D eigenvalue weighted by Crippen LogP contribution is 2.49. The summed E-state index contributed by atoms with van der Waals surface area (Å²) in [7, 11) is 0. The number of hydrogen-bond acceptors (Lipinski definition) is 1. The third-order valence-electron chi connectivity index (χ3n) is 8.10. The number of hydrogen-bond donors (Lipinski definition) is 0. The van der Waals surface area contributed by atoms with Crippen molar-refractivity contribution in [3.63, 3.8) is 0 Å². The second-order valence-electron chi connectivity index (χ2n) is 10.9. The number of fused-ring (bicyclic) bond motifs is 3. The first-order valence-corrected chi connectivity index (χ1v) is 13.6. The third kappa shape index (κ3) is 4.08. The molecule has 1 aromatic heterocycles. The van der Waals surface area contributed by atoms with E-state index in [1.807, 2.05) is 12.1 Å². The molecule has 0 unspecified atom stereocenters. The van der Waals surface area contributed by atoms with E-state index >= 15 is 0 Å². The van der Waals surface area contributed by atoms with Crippen molar-refractivity contribution in [1.29, 1.82) is 0 Å². The normalized spacial score (nSPS) is 13.1. The fraction of sp³-hybridized carbons (Fsp3) is 0.0789. The van der Waals surface area contributed by atoms with Crippen molar-refractivity contribution >= 4 is 0 Å². The molecule has 0 saturated carbocycles. The van der Waals surface area contributed by atoms with Gasteiger partial charge in [0.2, 0.25) is 0 Å². The van der Waals surface area contributed by atoms with E-state index in [9.17, 15) is 0 Å². The van der Waals surface area contributed by atoms with Crippen molar-refractivity contribution in [3.8, 4) is 55.9 Å². The molecule has 0 fully saturated rings. The molecule has 186 valence electrons. The van der Waals surface area contributed by atoms with Crippen LogP contribution in [0, 0.1) is 0 Å². The van der Waals surface area contributed by atoms with Crippen LogP contribution in [0.3, 0.4) is 0 Å². The van der Waals surface area contributed by atoms with Gasteiger partial charge in [-0.1, -0.05) is 135 Å². The van der Waals surface area contributed by atoms with Crippen LogP contribution in [0.15, 0.2) is 140 Å². The van der Waals surface area contributed by atoms with Gasteiger partial charge in [-0.25, -0.2) is 4.98 Å². The van der Waals surface area contributed by atoms with Crippen LogP contribution >= 0.6 is 0 Å². The smallest absolute Gasteiger partial charge is 0.0715 e. The quantitative estimate of drug-likeness (QED) is 0.235. The number of pyridine rings is 1. The second kappa shape index (κ2) is 9.22. The summed E-state index contributed by atoms with van der Waals surface area (Å²) < 4.78 is 0. The summed E-state index contributed by atoms with van der Waals surface area (Å²) in [6, 6.07) is 50.0. The number of aromatic nitrogens is 1. The van der Waals surface area contributed by atoms with Crippen molar-refractivity contribution in [3.05, 3.63) is 151 Å². The SMILES string of the molecule is CC1(C)c2ccccc2-c2ccc(-c3ccc(-c4cc(-c5ccccc5)nc(-c5ccccc5)c4)cc3)cc21. The van der Waals surface area contributed by atoms with E-state index in [2.05, 4.69) is 141 Å². The minimum absolute atomic E-state index is 0.000590. The van der Waals surface area contributed by atoms with Crippen molar-refractivity contribution < 1.29 is 0 Å². The van der Waals surface area contributed by atoms with Gasteiger partial charge in [0.15, 0.2) is 0 Å². The van der Waals surface area contributed by atoms with Crippen LogP contribution in [0.1, 0.15) is 25.0 Å². The zero-order valence-electron chi connectivity index (χ0n) is 22.2. The highest BCUT2D eigenvalue weighted by Gasteiger charge is 2.35. The van der Waals surface area contributed by atoms with E-state index in [1.54, 1.807) is 0 Å². The molecule has 7 rings (SSSR count). The maximum atomic E-state index is 5.03. The van der Waals surface area contributed by atoms with E-state index in [0.717, 1.165) is 22.5 Å². The molecule has 6 aromatic rings. The molecule has 1 aliphatic carbocycles. The Morgan fingerprint density at radius 1 is 0.385 bits per heavy atom. The molecule has 39 heavy (non-hydrogen) atoms. The predicted molar refractivity (Wildman–Crippen MR) is 164 cm³/mol. The molecule has 0 spiro atoms. The molecule has 0 radical (unpaired) electrons. The Morgan fingerprint density at radius 3 is 1.49 bits per heavy atom. The van der Waals surface area contributed by atoms with E-state index in [4.69, 9.17) is 4.98 Å². The third-order valence-corrected chi connectivity index (χ3v) is 8.10. The Labute approximate surface area is 230 Å². The average molecular weight is 500 g/mol. The highest BCUT2D eigenvalue weighted by atomic mass is 14.7. The van der Waals surface area contributed by atoms with Gasteiger partial charge in [0.05, 0.1) is 11.4 Å². The number of benzene rings is 5. The standard InChI is InChI=1S/C38H29N/c1-38(2)34-16-10-9-15-32(34)33-22-21-30(23-35(33)38)26-17-19-27(20-18-26)31-24-36(28-11-5-3-6-12-28)39-37(25-31)29-13-7-4-8-14-29/h3-25H,1-2H3. The Bertz CT molecular complexity index is 1740. The lowest BCUT2D eigenvalue weighted by atomic mass is 9.81. The summed E-state index contributed by atoms with van der Waals surface area (Å²) in [6.45, 7) is 4.67. The Morgan fingerprint density at radius 2 is 0.872 bits per heavy atom. The molecule has 0 amide bonds. The molecule has 0 bridgehead atoms. The maximum absolute atomic E-state index is 5.03. The van der Waals surface area contributed by atoms with Crippen LogP contribution in [0.2, 0.25) is 0 Å². The minimum Gasteiger partial charge on any atom is -0.248 e. The predicted octanol–water partition coefficient (Wildman–Crippen LogP) is 10.1. The van der Waals surface area contributed by atoms with Gasteiger partial charge in [-0.3, -0.25) is 0 Å². The summed E-state index contributed by atoms with van der Waals surface area (Å²) in [4.78, 5) is 5.03. The van der Waals surface area contributed by atoms with E-state index in [0.29, 0.717) is 0 Å². The summed E-state index contributed by atoms with van der Waals surface area (Å²) in [5, 5.41) is 0. The second-order valence-corrected chi connectivity index (χ2v) is 10.9. The van der Waals surface area contributed by atoms with Gasteiger partial charge in [0.1, 0.15) is 0 Å². The molecule has 1 heterocycles. The van der Waals surface area contributed by atoms with Crippen LogP contribution in [0.4, 0.5) is 0 Å². The molecule has 1 aliphatic rings. The average Bonchev–Trinajstić information content (AvgIpc) is 3.24. The van der Waals surface area contributed by atoms with Gasteiger partial charge in [0, 0.05) is 16.5 Å². The summed E-state index contributed by atoms with van der Waals surface area (Å²) in [5.41, 5.74) is 14.6. The molecule has 0 aliphatic heterocycles. The molecule has 1 nitrogen and oxygen atoms in total. The zero-order valence-corrected chi connectivity index (χ0v) is 22.2. The lowest BCUT2D eigenvalue weighted by Gasteiger charge is -2.22. The fourth-order valence-corrected chi connectivity index (χ4v) is 5.95. The molecular formula is C38H29N. The van der Waals surface area contributed by atoms with Gasteiger partial charge in [-0.2, -0.15) is 0 Å². The van der Waals surface area contributed by atoms with Crippen molar-refractivity contribution in [2.24, 2.45) is 0 Å². The van der Waals surface area contributed by atoms with Gasteiger partial charge >= 0.3 is 0 Å². The largest absolute Gasteiger partial charge is 0.248 e. The van der Waals surface area contributed by atoms with Crippen LogP contribution in [-0.2, 0) is 5.41 Å². The number of nitrogens with zero attached hydrogens (tertiary/aromatic N) is 1. The monoisotopic (exact) mass is 499 g/mol. The van der Waals surface area contributed by atoms with E-state index in [1.165, 1.54) is 44.5 Å². The first kappa shape index (κ1) is 23.4. The minimum atomic E-state index is 0.000590. The van der Waals surface area contributed by atoms with Crippen LogP contribution in [0.5, 0.6) is 0 Å². The first-order chi connectivity index (χ1) is 19.1. The van der Waals surface area contributed by atoms with Crippen LogP contribution < -0.4 is 0 Å². The molecule has 0 saturated heterocycles. The molecule has 0 atom stereocenters.